The zero-order valence-electron chi connectivity index (χ0n) is 14.7. The van der Waals surface area contributed by atoms with E-state index in [4.69, 9.17) is 0 Å². The fourth-order valence-electron chi connectivity index (χ4n) is 3.21. The fourth-order valence-corrected chi connectivity index (χ4v) is 3.21. The topological polar surface area (TPSA) is 84.2 Å². The van der Waals surface area contributed by atoms with Crippen molar-refractivity contribution in [2.24, 2.45) is 0 Å². The van der Waals surface area contributed by atoms with Crippen molar-refractivity contribution in [3.05, 3.63) is 53.6 Å². The van der Waals surface area contributed by atoms with E-state index in [1.807, 2.05) is 12.1 Å². The van der Waals surface area contributed by atoms with Gasteiger partial charge in [0.25, 0.3) is 11.7 Å². The lowest BCUT2D eigenvalue weighted by molar-refractivity contribution is -0.141. The van der Waals surface area contributed by atoms with E-state index in [1.54, 1.807) is 12.1 Å². The Balaban J connectivity index is 1.48. The van der Waals surface area contributed by atoms with E-state index in [-0.39, 0.29) is 11.6 Å². The number of fused-ring (bicyclic) bond motifs is 1. The summed E-state index contributed by atoms with van der Waals surface area (Å²) in [5, 5.41) is 9.86. The van der Waals surface area contributed by atoms with Gasteiger partial charge in [0, 0.05) is 11.9 Å². The number of anilines is 1. The predicted molar refractivity (Wildman–Crippen MR) is 95.0 cm³/mol. The Hall–Kier alpha value is -3.01. The average molecular weight is 390 g/mol. The molecule has 2 N–H and O–H groups in total. The number of piperidine rings is 1. The maximum Gasteiger partial charge on any atom is 0.433 e. The Bertz CT molecular complexity index is 993. The molecule has 146 valence electrons. The van der Waals surface area contributed by atoms with Crippen molar-refractivity contribution in [1.29, 1.82) is 0 Å². The minimum atomic E-state index is -4.59. The van der Waals surface area contributed by atoms with Crippen LogP contribution in [0.4, 0.5) is 18.9 Å². The highest BCUT2D eigenvalue weighted by Crippen LogP contribution is 2.28. The number of rotatable bonds is 3. The van der Waals surface area contributed by atoms with Crippen LogP contribution in [-0.4, -0.2) is 38.6 Å². The van der Waals surface area contributed by atoms with E-state index < -0.39 is 17.8 Å². The third-order valence-corrected chi connectivity index (χ3v) is 4.68. The first-order valence-corrected chi connectivity index (χ1v) is 8.83. The van der Waals surface area contributed by atoms with E-state index in [0.29, 0.717) is 11.6 Å². The van der Waals surface area contributed by atoms with Crippen LogP contribution in [0.1, 0.15) is 40.6 Å². The number of nitrogens with zero attached hydrogens (tertiary/aromatic N) is 4. The molecule has 0 atom stereocenters. The minimum Gasteiger partial charge on any atom is -0.319 e. The third-order valence-electron chi connectivity index (χ3n) is 4.68. The number of carbonyl (C=O) groups is 1. The third kappa shape index (κ3) is 3.81. The van der Waals surface area contributed by atoms with Crippen molar-refractivity contribution < 1.29 is 18.0 Å². The molecule has 1 aliphatic rings. The molecule has 3 heterocycles. The summed E-state index contributed by atoms with van der Waals surface area (Å²) < 4.78 is 39.2. The van der Waals surface area contributed by atoms with Gasteiger partial charge >= 0.3 is 6.18 Å². The van der Waals surface area contributed by atoms with Gasteiger partial charge in [-0.05, 0) is 55.6 Å². The number of aromatic nitrogens is 4. The number of alkyl halides is 3. The lowest BCUT2D eigenvalue weighted by atomic mass is 9.90. The summed E-state index contributed by atoms with van der Waals surface area (Å²) >= 11 is 0. The molecule has 28 heavy (non-hydrogen) atoms. The van der Waals surface area contributed by atoms with Crippen LogP contribution in [-0.2, 0) is 6.18 Å². The summed E-state index contributed by atoms with van der Waals surface area (Å²) in [5.41, 5.74) is 0.688. The van der Waals surface area contributed by atoms with Gasteiger partial charge in [0.05, 0.1) is 0 Å². The maximum absolute atomic E-state index is 12.7. The molecular weight excluding hydrogens is 373 g/mol. The second-order valence-electron chi connectivity index (χ2n) is 6.59. The number of carbonyl (C=O) groups excluding carboxylic acids is 1. The molecular formula is C18H17F3N6O. The van der Waals surface area contributed by atoms with E-state index >= 15 is 0 Å². The lowest BCUT2D eigenvalue weighted by Crippen LogP contribution is -2.26. The molecule has 4 rings (SSSR count). The Morgan fingerprint density at radius 3 is 2.50 bits per heavy atom. The molecule has 1 fully saturated rings. The van der Waals surface area contributed by atoms with Crippen molar-refractivity contribution in [3.63, 3.8) is 0 Å². The molecule has 1 aromatic carbocycles. The first-order valence-electron chi connectivity index (χ1n) is 8.83. The van der Waals surface area contributed by atoms with Gasteiger partial charge in [-0.1, -0.05) is 12.1 Å². The molecule has 7 nitrogen and oxygen atoms in total. The van der Waals surface area contributed by atoms with Crippen LogP contribution in [0.25, 0.3) is 5.78 Å². The summed E-state index contributed by atoms with van der Waals surface area (Å²) in [6.07, 6.45) is -1.37. The normalized spacial score (nSPS) is 15.7. The Labute approximate surface area is 158 Å². The highest BCUT2D eigenvalue weighted by Gasteiger charge is 2.33. The second-order valence-corrected chi connectivity index (χ2v) is 6.59. The van der Waals surface area contributed by atoms with Crippen LogP contribution in [0.15, 0.2) is 36.5 Å². The molecule has 3 aromatic rings. The van der Waals surface area contributed by atoms with Crippen molar-refractivity contribution in [3.8, 4) is 0 Å². The smallest absolute Gasteiger partial charge is 0.319 e. The number of benzene rings is 1. The largest absolute Gasteiger partial charge is 0.433 e. The van der Waals surface area contributed by atoms with E-state index in [2.05, 4.69) is 25.7 Å². The maximum atomic E-state index is 12.7. The summed E-state index contributed by atoms with van der Waals surface area (Å²) in [5.74, 6) is -0.663. The van der Waals surface area contributed by atoms with Gasteiger partial charge in [-0.2, -0.15) is 18.2 Å². The Morgan fingerprint density at radius 2 is 1.82 bits per heavy atom. The Kier molecular flexibility index (Phi) is 4.71. The molecule has 0 radical (unpaired) electrons. The summed E-state index contributed by atoms with van der Waals surface area (Å²) in [7, 11) is 0. The van der Waals surface area contributed by atoms with Gasteiger partial charge in [-0.15, -0.1) is 5.10 Å². The average Bonchev–Trinajstić information content (AvgIpc) is 3.12. The highest BCUT2D eigenvalue weighted by molar-refractivity contribution is 6.01. The zero-order chi connectivity index (χ0) is 19.7. The van der Waals surface area contributed by atoms with E-state index in [0.717, 1.165) is 42.7 Å². The number of amides is 1. The lowest BCUT2D eigenvalue weighted by Gasteiger charge is -2.23. The monoisotopic (exact) mass is 390 g/mol. The highest BCUT2D eigenvalue weighted by atomic mass is 19.4. The Morgan fingerprint density at radius 1 is 1.11 bits per heavy atom. The zero-order valence-corrected chi connectivity index (χ0v) is 14.7. The van der Waals surface area contributed by atoms with E-state index in [1.165, 1.54) is 5.56 Å². The first kappa shape index (κ1) is 18.4. The summed E-state index contributed by atoms with van der Waals surface area (Å²) in [6.45, 7) is 1.99. The van der Waals surface area contributed by atoms with Crippen molar-refractivity contribution in [1.82, 2.24) is 24.9 Å². The van der Waals surface area contributed by atoms with E-state index in [9.17, 15) is 18.0 Å². The number of hydrogen-bond acceptors (Lipinski definition) is 5. The molecule has 0 spiro atoms. The van der Waals surface area contributed by atoms with Crippen LogP contribution >= 0.6 is 0 Å². The molecule has 1 amide bonds. The number of hydrogen-bond donors (Lipinski definition) is 2. The number of nitrogens with one attached hydrogen (secondary N) is 2. The second kappa shape index (κ2) is 7.19. The van der Waals surface area contributed by atoms with Gasteiger partial charge in [0.15, 0.2) is 0 Å². The van der Waals surface area contributed by atoms with Gasteiger partial charge in [0.2, 0.25) is 5.82 Å². The first-order chi connectivity index (χ1) is 13.4. The molecule has 0 unspecified atom stereocenters. The van der Waals surface area contributed by atoms with Crippen LogP contribution in [0.5, 0.6) is 0 Å². The molecule has 0 aliphatic carbocycles. The predicted octanol–water partition coefficient (Wildman–Crippen LogP) is 2.86. The van der Waals surface area contributed by atoms with Crippen LogP contribution in [0, 0.1) is 0 Å². The van der Waals surface area contributed by atoms with Crippen LogP contribution < -0.4 is 10.6 Å². The standard InChI is InChI=1S/C18H17F3N6O/c19-18(20,21)14-7-10-27-17(24-14)25-15(26-27)16(28)23-13-3-1-11(2-4-13)12-5-8-22-9-6-12/h1-4,7,10,12,22H,5-6,8-9H2,(H,23,28). The summed E-state index contributed by atoms with van der Waals surface area (Å²) in [6, 6.07) is 8.32. The fraction of sp³-hybridized carbons (Fsp3) is 0.333. The SMILES string of the molecule is O=C(Nc1ccc(C2CCNCC2)cc1)c1nc2nc(C(F)(F)F)ccn2n1. The van der Waals surface area contributed by atoms with Gasteiger partial charge in [-0.3, -0.25) is 4.79 Å². The van der Waals surface area contributed by atoms with Crippen LogP contribution in [0.2, 0.25) is 0 Å². The van der Waals surface area contributed by atoms with Crippen molar-refractivity contribution in [2.75, 3.05) is 18.4 Å². The minimum absolute atomic E-state index is 0.255. The molecule has 2 aromatic heterocycles. The molecule has 0 saturated carbocycles. The quantitative estimate of drug-likeness (QED) is 0.719. The van der Waals surface area contributed by atoms with Crippen molar-refractivity contribution in [2.45, 2.75) is 24.9 Å². The molecule has 10 heteroatoms. The van der Waals surface area contributed by atoms with Crippen molar-refractivity contribution >= 4 is 17.4 Å². The number of halogens is 3. The molecule has 1 aliphatic heterocycles. The molecule has 1 saturated heterocycles. The summed E-state index contributed by atoms with van der Waals surface area (Å²) in [4.78, 5) is 19.5. The van der Waals surface area contributed by atoms with Crippen LogP contribution in [0.3, 0.4) is 0 Å². The van der Waals surface area contributed by atoms with Gasteiger partial charge < -0.3 is 10.6 Å². The van der Waals surface area contributed by atoms with Gasteiger partial charge in [0.1, 0.15) is 5.69 Å². The van der Waals surface area contributed by atoms with Gasteiger partial charge in [-0.25, -0.2) is 9.50 Å². The molecule has 0 bridgehead atoms.